The van der Waals surface area contributed by atoms with Crippen molar-refractivity contribution in [3.63, 3.8) is 0 Å². The lowest BCUT2D eigenvalue weighted by Crippen LogP contribution is -2.50. The number of thiocarbonyl (C=S) groups is 1. The molecule has 1 aliphatic heterocycles. The molecule has 248 valence electrons. The van der Waals surface area contributed by atoms with E-state index in [4.69, 9.17) is 26.4 Å². The Morgan fingerprint density at radius 3 is 2.37 bits per heavy atom. The summed E-state index contributed by atoms with van der Waals surface area (Å²) in [5.74, 6) is -0.151. The van der Waals surface area contributed by atoms with Gasteiger partial charge >= 0.3 is 0 Å². The van der Waals surface area contributed by atoms with Gasteiger partial charge in [-0.2, -0.15) is 5.26 Å². The number of hydrogen-bond donors (Lipinski definition) is 5. The van der Waals surface area contributed by atoms with Gasteiger partial charge in [-0.25, -0.2) is 0 Å². The van der Waals surface area contributed by atoms with Gasteiger partial charge in [0.15, 0.2) is 6.29 Å². The summed E-state index contributed by atoms with van der Waals surface area (Å²) < 4.78 is 17.1. The minimum absolute atomic E-state index is 0.0398. The SMILES string of the molecule is CC(=S)SC(C)(C#N)CCC(=O)NCCC(C)(C)OCCC(C)(C)C(=O)NCCCCCOC1CC(O)C(O)C(CO)O1. The highest BCUT2D eigenvalue weighted by molar-refractivity contribution is 8.24. The first-order chi connectivity index (χ1) is 20.0. The number of rotatable bonds is 20. The van der Waals surface area contributed by atoms with E-state index in [1.807, 2.05) is 27.7 Å². The fraction of sp³-hybridized carbons (Fsp3) is 0.867. The third-order valence-corrected chi connectivity index (χ3v) is 8.73. The topological polar surface area (TPSA) is 170 Å². The van der Waals surface area contributed by atoms with Crippen LogP contribution in [0.15, 0.2) is 0 Å². The van der Waals surface area contributed by atoms with E-state index in [0.717, 1.165) is 19.3 Å². The molecule has 5 unspecified atom stereocenters. The van der Waals surface area contributed by atoms with E-state index in [-0.39, 0.29) is 24.7 Å². The monoisotopic (exact) mass is 647 g/mol. The quantitative estimate of drug-likeness (QED) is 0.0972. The number of aliphatic hydroxyl groups is 3. The molecule has 0 saturated carbocycles. The lowest BCUT2D eigenvalue weighted by molar-refractivity contribution is -0.256. The van der Waals surface area contributed by atoms with E-state index in [1.165, 1.54) is 11.8 Å². The van der Waals surface area contributed by atoms with Crippen LogP contribution in [0.4, 0.5) is 0 Å². The molecular formula is C30H53N3O8S2. The van der Waals surface area contributed by atoms with E-state index in [2.05, 4.69) is 16.7 Å². The van der Waals surface area contributed by atoms with Crippen molar-refractivity contribution in [2.75, 3.05) is 32.9 Å². The second-order valence-electron chi connectivity index (χ2n) is 12.5. The first-order valence-corrected chi connectivity index (χ1v) is 16.3. The Hall–Kier alpha value is -1.37. The predicted molar refractivity (Wildman–Crippen MR) is 170 cm³/mol. The lowest BCUT2D eigenvalue weighted by Gasteiger charge is -2.36. The number of carbonyl (C=O) groups excluding carboxylic acids is 2. The van der Waals surface area contributed by atoms with Gasteiger partial charge in [-0.15, -0.1) is 0 Å². The fourth-order valence-electron chi connectivity index (χ4n) is 4.39. The molecule has 1 aliphatic rings. The smallest absolute Gasteiger partial charge is 0.225 e. The zero-order valence-electron chi connectivity index (χ0n) is 26.6. The molecule has 1 saturated heterocycles. The molecule has 0 aromatic rings. The molecule has 0 aliphatic carbocycles. The Morgan fingerprint density at radius 1 is 1.05 bits per heavy atom. The number of amides is 2. The second kappa shape index (κ2) is 19.2. The van der Waals surface area contributed by atoms with Gasteiger partial charge in [-0.1, -0.05) is 37.8 Å². The normalized spacial score (nSPS) is 22.3. The Morgan fingerprint density at radius 2 is 1.74 bits per heavy atom. The van der Waals surface area contributed by atoms with Crippen LogP contribution in [0.5, 0.6) is 0 Å². The molecule has 0 radical (unpaired) electrons. The van der Waals surface area contributed by atoms with Gasteiger partial charge < -0.3 is 40.2 Å². The number of aliphatic hydroxyl groups excluding tert-OH is 3. The zero-order valence-corrected chi connectivity index (χ0v) is 28.3. The first kappa shape index (κ1) is 39.7. The Bertz CT molecular complexity index is 930. The molecule has 11 nitrogen and oxygen atoms in total. The van der Waals surface area contributed by atoms with Crippen molar-refractivity contribution in [3.05, 3.63) is 0 Å². The van der Waals surface area contributed by atoms with Crippen LogP contribution in [0.3, 0.4) is 0 Å². The number of nitrogens with zero attached hydrogens (tertiary/aromatic N) is 1. The Labute approximate surface area is 266 Å². The van der Waals surface area contributed by atoms with E-state index in [1.54, 1.807) is 13.8 Å². The van der Waals surface area contributed by atoms with Gasteiger partial charge in [-0.05, 0) is 66.2 Å². The number of nitriles is 1. The third-order valence-electron chi connectivity index (χ3n) is 7.44. The molecule has 2 amide bonds. The summed E-state index contributed by atoms with van der Waals surface area (Å²) in [6.45, 7) is 12.7. The van der Waals surface area contributed by atoms with Crippen molar-refractivity contribution in [2.24, 2.45) is 5.41 Å². The number of hydrogen-bond acceptors (Lipinski definition) is 11. The third kappa shape index (κ3) is 16.0. The Kier molecular flexibility index (Phi) is 17.7. The van der Waals surface area contributed by atoms with E-state index in [0.29, 0.717) is 49.8 Å². The summed E-state index contributed by atoms with van der Waals surface area (Å²) in [6, 6.07) is 2.25. The fourth-order valence-corrected chi connectivity index (χ4v) is 5.83. The number of ether oxygens (including phenoxy) is 3. The largest absolute Gasteiger partial charge is 0.394 e. The number of carbonyl (C=O) groups is 2. The van der Waals surface area contributed by atoms with E-state index >= 15 is 0 Å². The van der Waals surface area contributed by atoms with E-state index < -0.39 is 47.0 Å². The van der Waals surface area contributed by atoms with Crippen molar-refractivity contribution in [1.82, 2.24) is 10.6 Å². The molecule has 0 spiro atoms. The van der Waals surface area contributed by atoms with Crippen LogP contribution in [0.2, 0.25) is 0 Å². The van der Waals surface area contributed by atoms with Gasteiger partial charge in [0.25, 0.3) is 0 Å². The van der Waals surface area contributed by atoms with Crippen LogP contribution in [-0.4, -0.2) is 99.2 Å². The molecule has 1 heterocycles. The summed E-state index contributed by atoms with van der Waals surface area (Å²) >= 11 is 6.40. The van der Waals surface area contributed by atoms with Crippen LogP contribution >= 0.6 is 24.0 Å². The minimum Gasteiger partial charge on any atom is -0.394 e. The van der Waals surface area contributed by atoms with Gasteiger partial charge in [0.05, 0.1) is 24.4 Å². The predicted octanol–water partition coefficient (Wildman–Crippen LogP) is 2.98. The number of nitrogens with one attached hydrogen (secondary N) is 2. The summed E-state index contributed by atoms with van der Waals surface area (Å²) in [5.41, 5.74) is -1.08. The number of unbranched alkanes of at least 4 members (excludes halogenated alkanes) is 2. The lowest BCUT2D eigenvalue weighted by atomic mass is 9.88. The van der Waals surface area contributed by atoms with Crippen molar-refractivity contribution >= 4 is 40.0 Å². The Balaban J connectivity index is 2.21. The molecular weight excluding hydrogens is 594 g/mol. The van der Waals surface area contributed by atoms with Crippen LogP contribution < -0.4 is 10.6 Å². The molecule has 0 bridgehead atoms. The van der Waals surface area contributed by atoms with Gasteiger partial charge in [0.2, 0.25) is 11.8 Å². The molecule has 5 N–H and O–H groups in total. The van der Waals surface area contributed by atoms with Crippen LogP contribution in [-0.2, 0) is 23.8 Å². The molecule has 0 aromatic carbocycles. The van der Waals surface area contributed by atoms with Gasteiger partial charge in [-0.3, -0.25) is 9.59 Å². The maximum atomic E-state index is 12.7. The zero-order chi connectivity index (χ0) is 32.7. The van der Waals surface area contributed by atoms with Crippen molar-refractivity contribution in [3.8, 4) is 6.07 Å². The van der Waals surface area contributed by atoms with Crippen LogP contribution in [0.1, 0.15) is 92.9 Å². The van der Waals surface area contributed by atoms with Crippen LogP contribution in [0.25, 0.3) is 0 Å². The molecule has 1 rings (SSSR count). The summed E-state index contributed by atoms with van der Waals surface area (Å²) in [5, 5.41) is 44.2. The molecule has 5 atom stereocenters. The van der Waals surface area contributed by atoms with Crippen molar-refractivity contribution < 1.29 is 39.1 Å². The average molecular weight is 648 g/mol. The molecule has 43 heavy (non-hydrogen) atoms. The first-order valence-electron chi connectivity index (χ1n) is 15.1. The van der Waals surface area contributed by atoms with Crippen molar-refractivity contribution in [2.45, 2.75) is 128 Å². The van der Waals surface area contributed by atoms with E-state index in [9.17, 15) is 30.2 Å². The summed E-state index contributed by atoms with van der Waals surface area (Å²) in [6.07, 6.45) is 0.698. The van der Waals surface area contributed by atoms with Gasteiger partial charge in [0.1, 0.15) is 17.0 Å². The standard InChI is InChI=1S/C30H53N3O8S2/c1-21(42)43-30(6,20-31)11-10-24(36)32-15-12-29(4,5)40-17-13-28(2,3)27(38)33-14-8-7-9-16-39-25-18-22(35)26(37)23(19-34)41-25/h22-23,25-26,34-35,37H,7-19H2,1-6H3,(H,32,36)(H,33,38). The van der Waals surface area contributed by atoms with Gasteiger partial charge in [0, 0.05) is 48.8 Å². The summed E-state index contributed by atoms with van der Waals surface area (Å²) in [4.78, 5) is 25.0. The maximum absolute atomic E-state index is 12.7. The number of thioether (sulfide) groups is 1. The molecule has 13 heteroatoms. The molecule has 1 fully saturated rings. The molecule has 0 aromatic heterocycles. The minimum atomic E-state index is -1.12. The summed E-state index contributed by atoms with van der Waals surface area (Å²) in [7, 11) is 0. The highest BCUT2D eigenvalue weighted by atomic mass is 32.2. The highest BCUT2D eigenvalue weighted by Gasteiger charge is 2.36. The van der Waals surface area contributed by atoms with Crippen molar-refractivity contribution in [1.29, 1.82) is 5.26 Å². The second-order valence-corrected chi connectivity index (χ2v) is 15.1. The maximum Gasteiger partial charge on any atom is 0.225 e. The highest BCUT2D eigenvalue weighted by Crippen LogP contribution is 2.30. The average Bonchev–Trinajstić information content (AvgIpc) is 2.92. The van der Waals surface area contributed by atoms with Crippen LogP contribution in [0, 0.1) is 16.7 Å².